The van der Waals surface area contributed by atoms with Gasteiger partial charge in [-0.2, -0.15) is 0 Å². The number of nitrogens with two attached hydrogens (primary N) is 1. The summed E-state index contributed by atoms with van der Waals surface area (Å²) >= 11 is 0. The van der Waals surface area contributed by atoms with Crippen LogP contribution in [0.15, 0.2) is 30.3 Å². The van der Waals surface area contributed by atoms with E-state index < -0.39 is 6.10 Å². The molecule has 6 nitrogen and oxygen atoms in total. The van der Waals surface area contributed by atoms with Crippen molar-refractivity contribution in [2.75, 3.05) is 12.3 Å². The molecule has 2 aromatic rings. The average molecular weight is 312 g/mol. The van der Waals surface area contributed by atoms with Crippen molar-refractivity contribution in [3.63, 3.8) is 0 Å². The molecule has 6 heteroatoms. The second-order valence-corrected chi connectivity index (χ2v) is 6.09. The molecule has 0 unspecified atom stereocenters. The summed E-state index contributed by atoms with van der Waals surface area (Å²) in [5, 5.41) is 10.3. The van der Waals surface area contributed by atoms with Gasteiger partial charge in [-0.05, 0) is 23.1 Å². The van der Waals surface area contributed by atoms with Crippen LogP contribution in [-0.4, -0.2) is 32.4 Å². The quantitative estimate of drug-likeness (QED) is 0.883. The lowest BCUT2D eigenvalue weighted by molar-refractivity contribution is 0.0544. The average Bonchev–Trinajstić information content (AvgIpc) is 2.53. The third-order valence-electron chi connectivity index (χ3n) is 4.03. The van der Waals surface area contributed by atoms with E-state index in [4.69, 9.17) is 5.73 Å². The largest absolute Gasteiger partial charge is 0.387 e. The molecule has 0 saturated heterocycles. The van der Waals surface area contributed by atoms with Gasteiger partial charge in [0.05, 0.1) is 12.6 Å². The zero-order valence-corrected chi connectivity index (χ0v) is 13.2. The number of aliphatic hydroxyl groups is 1. The van der Waals surface area contributed by atoms with Crippen LogP contribution in [0, 0.1) is 0 Å². The predicted molar refractivity (Wildman–Crippen MR) is 86.7 cm³/mol. The maximum atomic E-state index is 12.8. The van der Waals surface area contributed by atoms with Crippen LogP contribution in [-0.2, 0) is 6.54 Å². The third-order valence-corrected chi connectivity index (χ3v) is 4.03. The van der Waals surface area contributed by atoms with E-state index in [1.165, 1.54) is 0 Å². The van der Waals surface area contributed by atoms with Crippen molar-refractivity contribution in [1.82, 2.24) is 14.9 Å². The van der Waals surface area contributed by atoms with E-state index in [9.17, 15) is 9.90 Å². The van der Waals surface area contributed by atoms with E-state index in [1.807, 2.05) is 38.1 Å². The van der Waals surface area contributed by atoms with Crippen LogP contribution in [0.3, 0.4) is 0 Å². The molecule has 1 atom stereocenters. The molecule has 0 saturated carbocycles. The number of hydrogen-bond donors (Lipinski definition) is 2. The Morgan fingerprint density at radius 1 is 1.35 bits per heavy atom. The highest BCUT2D eigenvalue weighted by Crippen LogP contribution is 2.27. The number of hydrogen-bond acceptors (Lipinski definition) is 5. The van der Waals surface area contributed by atoms with E-state index in [2.05, 4.69) is 9.97 Å². The molecule has 0 radical (unpaired) electrons. The molecule has 2 heterocycles. The van der Waals surface area contributed by atoms with Gasteiger partial charge in [0.2, 0.25) is 5.95 Å². The topological polar surface area (TPSA) is 92.3 Å². The summed E-state index contributed by atoms with van der Waals surface area (Å²) in [6.07, 6.45) is -0.687. The molecule has 120 valence electrons. The second-order valence-electron chi connectivity index (χ2n) is 6.09. The first-order valence-corrected chi connectivity index (χ1v) is 7.65. The summed E-state index contributed by atoms with van der Waals surface area (Å²) < 4.78 is 0. The van der Waals surface area contributed by atoms with E-state index >= 15 is 0 Å². The summed E-state index contributed by atoms with van der Waals surface area (Å²) in [6.45, 7) is 4.66. The molecular formula is C17H20N4O2. The molecule has 3 N–H and O–H groups in total. The van der Waals surface area contributed by atoms with Gasteiger partial charge in [0.25, 0.3) is 5.91 Å². The van der Waals surface area contributed by atoms with Gasteiger partial charge in [0.15, 0.2) is 0 Å². The van der Waals surface area contributed by atoms with Crippen LogP contribution in [0.25, 0.3) is 0 Å². The highest BCUT2D eigenvalue weighted by molar-refractivity contribution is 5.92. The van der Waals surface area contributed by atoms with Crippen molar-refractivity contribution in [1.29, 1.82) is 0 Å². The summed E-state index contributed by atoms with van der Waals surface area (Å²) in [4.78, 5) is 22.6. The molecule has 0 spiro atoms. The fourth-order valence-electron chi connectivity index (χ4n) is 2.79. The van der Waals surface area contributed by atoms with Crippen molar-refractivity contribution >= 4 is 11.9 Å². The number of anilines is 1. The van der Waals surface area contributed by atoms with Gasteiger partial charge in [0.1, 0.15) is 5.69 Å². The number of aromatic nitrogens is 2. The van der Waals surface area contributed by atoms with Crippen molar-refractivity contribution in [2.45, 2.75) is 32.4 Å². The highest BCUT2D eigenvalue weighted by atomic mass is 16.3. The Morgan fingerprint density at radius 2 is 2.09 bits per heavy atom. The van der Waals surface area contributed by atoms with Crippen LogP contribution >= 0.6 is 0 Å². The van der Waals surface area contributed by atoms with Crippen molar-refractivity contribution in [3.05, 3.63) is 52.8 Å². The molecule has 3 rings (SSSR count). The van der Waals surface area contributed by atoms with Crippen molar-refractivity contribution in [3.8, 4) is 0 Å². The molecule has 1 aliphatic heterocycles. The van der Waals surface area contributed by atoms with Gasteiger partial charge in [-0.25, -0.2) is 9.97 Å². The Labute approximate surface area is 135 Å². The van der Waals surface area contributed by atoms with Gasteiger partial charge < -0.3 is 15.7 Å². The normalized spacial score (nSPS) is 17.2. The SMILES string of the molecule is CC(C)c1cc(C(=O)N2Cc3ccccc3[C@@H](O)C2)nc(N)n1. The summed E-state index contributed by atoms with van der Waals surface area (Å²) in [5.74, 6) is 0.00610. The maximum Gasteiger partial charge on any atom is 0.273 e. The number of carbonyl (C=O) groups is 1. The molecule has 0 bridgehead atoms. The Morgan fingerprint density at radius 3 is 2.83 bits per heavy atom. The van der Waals surface area contributed by atoms with Gasteiger partial charge in [-0.15, -0.1) is 0 Å². The molecule has 0 aliphatic carbocycles. The summed E-state index contributed by atoms with van der Waals surface area (Å²) in [6, 6.07) is 9.28. The van der Waals surface area contributed by atoms with E-state index in [0.717, 1.165) is 16.8 Å². The van der Waals surface area contributed by atoms with Gasteiger partial charge >= 0.3 is 0 Å². The number of nitrogens with zero attached hydrogens (tertiary/aromatic N) is 3. The minimum absolute atomic E-state index is 0.0949. The lowest BCUT2D eigenvalue weighted by atomic mass is 9.97. The molecule has 0 fully saturated rings. The van der Waals surface area contributed by atoms with Crippen LogP contribution in [0.4, 0.5) is 5.95 Å². The van der Waals surface area contributed by atoms with Gasteiger partial charge in [0, 0.05) is 12.2 Å². The Hall–Kier alpha value is -2.47. The maximum absolute atomic E-state index is 12.8. The zero-order valence-electron chi connectivity index (χ0n) is 13.2. The van der Waals surface area contributed by atoms with Crippen LogP contribution in [0.2, 0.25) is 0 Å². The first kappa shape index (κ1) is 15.4. The first-order valence-electron chi connectivity index (χ1n) is 7.65. The zero-order chi connectivity index (χ0) is 16.6. The lowest BCUT2D eigenvalue weighted by Gasteiger charge is -2.32. The molecule has 1 aromatic heterocycles. The minimum Gasteiger partial charge on any atom is -0.387 e. The Balaban J connectivity index is 1.90. The fraction of sp³-hybridized carbons (Fsp3) is 0.353. The smallest absolute Gasteiger partial charge is 0.273 e. The van der Waals surface area contributed by atoms with Crippen molar-refractivity contribution < 1.29 is 9.90 Å². The van der Waals surface area contributed by atoms with E-state index in [-0.39, 0.29) is 30.0 Å². The number of β-amino-alcohol motifs (C(OH)–C–C–N with tert-alkyl or cyclic N) is 1. The number of fused-ring (bicyclic) bond motifs is 1. The minimum atomic E-state index is -0.687. The number of nitrogen functional groups attached to an aromatic ring is 1. The first-order chi connectivity index (χ1) is 11.0. The predicted octanol–water partition coefficient (Wildman–Crippen LogP) is 1.87. The molecule has 1 amide bonds. The number of aliphatic hydroxyl groups excluding tert-OH is 1. The van der Waals surface area contributed by atoms with Crippen molar-refractivity contribution in [2.24, 2.45) is 0 Å². The number of carbonyl (C=O) groups excluding carboxylic acids is 1. The van der Waals surface area contributed by atoms with E-state index in [1.54, 1.807) is 11.0 Å². The number of rotatable bonds is 2. The Bertz CT molecular complexity index is 745. The van der Waals surface area contributed by atoms with Gasteiger partial charge in [-0.3, -0.25) is 4.79 Å². The lowest BCUT2D eigenvalue weighted by Crippen LogP contribution is -2.38. The van der Waals surface area contributed by atoms with Gasteiger partial charge in [-0.1, -0.05) is 38.1 Å². The Kier molecular flexibility index (Phi) is 4.00. The molecule has 23 heavy (non-hydrogen) atoms. The second kappa shape index (κ2) is 5.96. The fourth-order valence-corrected chi connectivity index (χ4v) is 2.79. The summed E-state index contributed by atoms with van der Waals surface area (Å²) in [5.41, 5.74) is 8.56. The molecule has 1 aromatic carbocycles. The number of amides is 1. The monoisotopic (exact) mass is 312 g/mol. The molecule has 1 aliphatic rings. The third kappa shape index (κ3) is 3.03. The van der Waals surface area contributed by atoms with Crippen LogP contribution < -0.4 is 5.73 Å². The van der Waals surface area contributed by atoms with Crippen LogP contribution in [0.1, 0.15) is 53.2 Å². The van der Waals surface area contributed by atoms with E-state index in [0.29, 0.717) is 6.54 Å². The van der Waals surface area contributed by atoms with Crippen LogP contribution in [0.5, 0.6) is 0 Å². The summed E-state index contributed by atoms with van der Waals surface area (Å²) in [7, 11) is 0. The standard InChI is InChI=1S/C17H20N4O2/c1-10(2)13-7-14(20-17(18)19-13)16(23)21-8-11-5-3-4-6-12(11)15(22)9-21/h3-7,10,15,22H,8-9H2,1-2H3,(H2,18,19,20)/t15-/m0/s1. The molecular weight excluding hydrogens is 292 g/mol. The highest BCUT2D eigenvalue weighted by Gasteiger charge is 2.28. The number of benzene rings is 1.